The van der Waals surface area contributed by atoms with E-state index in [0.717, 1.165) is 22.7 Å². The smallest absolute Gasteiger partial charge is 0.257 e. The molecule has 140 valence electrons. The molecule has 0 spiro atoms. The van der Waals surface area contributed by atoms with Gasteiger partial charge in [0.2, 0.25) is 0 Å². The van der Waals surface area contributed by atoms with E-state index in [0.29, 0.717) is 23.7 Å². The number of aromatic nitrogens is 2. The molecule has 3 aromatic rings. The van der Waals surface area contributed by atoms with E-state index in [2.05, 4.69) is 5.10 Å². The molecule has 0 aliphatic carbocycles. The first-order valence-electron chi connectivity index (χ1n) is 8.72. The predicted octanol–water partition coefficient (Wildman–Crippen LogP) is 4.29. The largest absolute Gasteiger partial charge is 0.491 e. The molecule has 1 amide bonds. The minimum Gasteiger partial charge on any atom is -0.491 e. The van der Waals surface area contributed by atoms with E-state index >= 15 is 0 Å². The lowest BCUT2D eigenvalue weighted by molar-refractivity contribution is 0.0773. The minimum atomic E-state index is -0.0823. The Kier molecular flexibility index (Phi) is 5.81. The maximum atomic E-state index is 12.8. The number of hydrogen-bond donors (Lipinski definition) is 0. The van der Waals surface area contributed by atoms with Gasteiger partial charge >= 0.3 is 0 Å². The molecule has 6 heteroatoms. The molecule has 1 heterocycles. The van der Waals surface area contributed by atoms with Gasteiger partial charge in [0.15, 0.2) is 0 Å². The predicted molar refractivity (Wildman–Crippen MR) is 107 cm³/mol. The van der Waals surface area contributed by atoms with Crippen molar-refractivity contribution in [3.8, 4) is 11.4 Å². The molecule has 0 fully saturated rings. The van der Waals surface area contributed by atoms with Gasteiger partial charge in [-0.3, -0.25) is 4.79 Å². The summed E-state index contributed by atoms with van der Waals surface area (Å²) in [5.41, 5.74) is 3.30. The average molecular weight is 384 g/mol. The highest BCUT2D eigenvalue weighted by Crippen LogP contribution is 2.18. The van der Waals surface area contributed by atoms with Crippen molar-refractivity contribution in [3.63, 3.8) is 0 Å². The monoisotopic (exact) mass is 383 g/mol. The van der Waals surface area contributed by atoms with Gasteiger partial charge in [-0.25, -0.2) is 4.68 Å². The second-order valence-corrected chi connectivity index (χ2v) is 6.81. The van der Waals surface area contributed by atoms with E-state index in [-0.39, 0.29) is 5.91 Å². The first-order valence-corrected chi connectivity index (χ1v) is 9.09. The Hall–Kier alpha value is -2.79. The van der Waals surface area contributed by atoms with Crippen LogP contribution in [0.2, 0.25) is 5.02 Å². The van der Waals surface area contributed by atoms with Crippen molar-refractivity contribution in [1.29, 1.82) is 0 Å². The van der Waals surface area contributed by atoms with Gasteiger partial charge in [-0.05, 0) is 49.7 Å². The van der Waals surface area contributed by atoms with Crippen molar-refractivity contribution in [3.05, 3.63) is 76.6 Å². The molecular weight excluding hydrogens is 362 g/mol. The fourth-order valence-corrected chi connectivity index (χ4v) is 2.91. The number of hydrogen-bond acceptors (Lipinski definition) is 3. The molecule has 27 heavy (non-hydrogen) atoms. The molecule has 5 nitrogen and oxygen atoms in total. The summed E-state index contributed by atoms with van der Waals surface area (Å²) >= 11 is 5.94. The lowest BCUT2D eigenvalue weighted by Gasteiger charge is -2.18. The Morgan fingerprint density at radius 3 is 2.56 bits per heavy atom. The Balaban J connectivity index is 1.65. The second kappa shape index (κ2) is 8.27. The van der Waals surface area contributed by atoms with Gasteiger partial charge in [0.25, 0.3) is 5.91 Å². The van der Waals surface area contributed by atoms with Crippen LogP contribution < -0.4 is 4.74 Å². The summed E-state index contributed by atoms with van der Waals surface area (Å²) in [6.07, 6.45) is 1.60. The number of nitrogens with zero attached hydrogens (tertiary/aromatic N) is 3. The van der Waals surface area contributed by atoms with Crippen LogP contribution >= 0.6 is 11.6 Å². The molecule has 0 saturated heterocycles. The van der Waals surface area contributed by atoms with Crippen LogP contribution in [0.15, 0.2) is 54.7 Å². The van der Waals surface area contributed by atoms with E-state index < -0.39 is 0 Å². The SMILES string of the molecule is Cc1ccccc1OCCN(C)C(=O)c1cnn(-c2ccc(Cl)cc2)c1C. The molecule has 0 saturated carbocycles. The number of carbonyl (C=O) groups excluding carboxylic acids is 1. The number of para-hydroxylation sites is 1. The Morgan fingerprint density at radius 1 is 1.15 bits per heavy atom. The van der Waals surface area contributed by atoms with Crippen LogP contribution in [0.25, 0.3) is 5.69 Å². The van der Waals surface area contributed by atoms with Gasteiger partial charge in [-0.15, -0.1) is 0 Å². The van der Waals surface area contributed by atoms with Crippen LogP contribution in [0.5, 0.6) is 5.75 Å². The maximum Gasteiger partial charge on any atom is 0.257 e. The number of benzene rings is 2. The lowest BCUT2D eigenvalue weighted by atomic mass is 10.2. The molecular formula is C21H22ClN3O2. The number of amides is 1. The van der Waals surface area contributed by atoms with E-state index in [1.54, 1.807) is 35.0 Å². The summed E-state index contributed by atoms with van der Waals surface area (Å²) < 4.78 is 7.52. The molecule has 0 radical (unpaired) electrons. The fraction of sp³-hybridized carbons (Fsp3) is 0.238. The van der Waals surface area contributed by atoms with Crippen molar-refractivity contribution in [2.24, 2.45) is 0 Å². The van der Waals surface area contributed by atoms with Crippen LogP contribution in [-0.4, -0.2) is 40.8 Å². The summed E-state index contributed by atoms with van der Waals surface area (Å²) in [7, 11) is 1.77. The number of aryl methyl sites for hydroxylation is 1. The number of halogens is 1. The van der Waals surface area contributed by atoms with Crippen LogP contribution in [0.1, 0.15) is 21.6 Å². The average Bonchev–Trinajstić information content (AvgIpc) is 3.04. The number of rotatable bonds is 6. The van der Waals surface area contributed by atoms with Crippen LogP contribution in [0.3, 0.4) is 0 Å². The molecule has 0 N–H and O–H groups in total. The van der Waals surface area contributed by atoms with E-state index in [1.807, 2.05) is 50.2 Å². The second-order valence-electron chi connectivity index (χ2n) is 6.37. The Morgan fingerprint density at radius 2 is 1.85 bits per heavy atom. The van der Waals surface area contributed by atoms with Crippen LogP contribution in [-0.2, 0) is 0 Å². The zero-order valence-corrected chi connectivity index (χ0v) is 16.4. The summed E-state index contributed by atoms with van der Waals surface area (Å²) in [6, 6.07) is 15.2. The van der Waals surface area contributed by atoms with Crippen molar-refractivity contribution < 1.29 is 9.53 Å². The summed E-state index contributed by atoms with van der Waals surface area (Å²) in [5.74, 6) is 0.756. The quantitative estimate of drug-likeness (QED) is 0.637. The van der Waals surface area contributed by atoms with Crippen LogP contribution in [0, 0.1) is 13.8 Å². The fourth-order valence-electron chi connectivity index (χ4n) is 2.78. The normalized spacial score (nSPS) is 10.7. The highest BCUT2D eigenvalue weighted by Gasteiger charge is 2.18. The molecule has 3 rings (SSSR count). The summed E-state index contributed by atoms with van der Waals surface area (Å²) in [6.45, 7) is 4.79. The highest BCUT2D eigenvalue weighted by atomic mass is 35.5. The molecule has 2 aromatic carbocycles. The van der Waals surface area contributed by atoms with E-state index in [1.165, 1.54) is 0 Å². The Bertz CT molecular complexity index is 935. The van der Waals surface area contributed by atoms with Crippen LogP contribution in [0.4, 0.5) is 0 Å². The summed E-state index contributed by atoms with van der Waals surface area (Å²) in [5, 5.41) is 5.01. The van der Waals surface area contributed by atoms with E-state index in [9.17, 15) is 4.79 Å². The van der Waals surface area contributed by atoms with Gasteiger partial charge in [-0.2, -0.15) is 5.10 Å². The van der Waals surface area contributed by atoms with E-state index in [4.69, 9.17) is 16.3 Å². The topological polar surface area (TPSA) is 47.4 Å². The number of likely N-dealkylation sites (N-methyl/N-ethyl adjacent to an activating group) is 1. The summed E-state index contributed by atoms with van der Waals surface area (Å²) in [4.78, 5) is 14.4. The van der Waals surface area contributed by atoms with Crippen molar-refractivity contribution >= 4 is 17.5 Å². The molecule has 0 bridgehead atoms. The first-order chi connectivity index (χ1) is 13.0. The number of carbonyl (C=O) groups is 1. The molecule has 1 aromatic heterocycles. The zero-order chi connectivity index (χ0) is 19.4. The van der Waals surface area contributed by atoms with Gasteiger partial charge in [-0.1, -0.05) is 29.8 Å². The van der Waals surface area contributed by atoms with Crippen molar-refractivity contribution in [2.45, 2.75) is 13.8 Å². The minimum absolute atomic E-state index is 0.0823. The number of ether oxygens (including phenoxy) is 1. The zero-order valence-electron chi connectivity index (χ0n) is 15.6. The van der Waals surface area contributed by atoms with Gasteiger partial charge < -0.3 is 9.64 Å². The Labute approximate surface area is 164 Å². The van der Waals surface area contributed by atoms with Gasteiger partial charge in [0.1, 0.15) is 12.4 Å². The molecule has 0 aliphatic heterocycles. The third-order valence-corrected chi connectivity index (χ3v) is 4.69. The van der Waals surface area contributed by atoms with Crippen molar-refractivity contribution in [2.75, 3.05) is 20.2 Å². The highest BCUT2D eigenvalue weighted by molar-refractivity contribution is 6.30. The van der Waals surface area contributed by atoms with Gasteiger partial charge in [0.05, 0.1) is 29.7 Å². The first kappa shape index (κ1) is 19.0. The molecule has 0 aliphatic rings. The third-order valence-electron chi connectivity index (χ3n) is 4.44. The lowest BCUT2D eigenvalue weighted by Crippen LogP contribution is -2.31. The molecule has 0 atom stereocenters. The molecule has 0 unspecified atom stereocenters. The van der Waals surface area contributed by atoms with Crippen molar-refractivity contribution in [1.82, 2.24) is 14.7 Å². The van der Waals surface area contributed by atoms with Gasteiger partial charge in [0, 0.05) is 12.1 Å². The maximum absolute atomic E-state index is 12.8. The third kappa shape index (κ3) is 4.31. The standard InChI is InChI=1S/C21H22ClN3O2/c1-15-6-4-5-7-20(15)27-13-12-24(3)21(26)19-14-23-25(16(19)2)18-10-8-17(22)9-11-18/h4-11,14H,12-13H2,1-3H3.